The van der Waals surface area contributed by atoms with Crippen LogP contribution in [0.5, 0.6) is 0 Å². The van der Waals surface area contributed by atoms with Gasteiger partial charge in [-0.05, 0) is 12.1 Å². The van der Waals surface area contributed by atoms with Gasteiger partial charge in [0.05, 0.1) is 10.5 Å². The van der Waals surface area contributed by atoms with Gasteiger partial charge in [0, 0.05) is 11.6 Å². The predicted molar refractivity (Wildman–Crippen MR) is 54.5 cm³/mol. The van der Waals surface area contributed by atoms with Crippen LogP contribution in [0.15, 0.2) is 23.1 Å². The lowest BCUT2D eigenvalue weighted by Crippen LogP contribution is -2.03. The number of rotatable bonds is 0. The number of halogens is 3. The third-order valence-corrected chi connectivity index (χ3v) is 2.45. The summed E-state index contributed by atoms with van der Waals surface area (Å²) in [6.07, 6.45) is 1.32. The number of H-pyrrole nitrogens is 1. The SMILES string of the molecule is O=c1c(Cl)c[nH]c2cc(F)c(Cl)cc12. The molecule has 14 heavy (non-hydrogen) atoms. The summed E-state index contributed by atoms with van der Waals surface area (Å²) in [5, 5.41) is 0.245. The van der Waals surface area contributed by atoms with Gasteiger partial charge >= 0.3 is 0 Å². The lowest BCUT2D eigenvalue weighted by atomic mass is 10.2. The van der Waals surface area contributed by atoms with Gasteiger partial charge in [0.15, 0.2) is 0 Å². The van der Waals surface area contributed by atoms with Gasteiger partial charge in [-0.15, -0.1) is 0 Å². The van der Waals surface area contributed by atoms with E-state index in [1.165, 1.54) is 12.3 Å². The number of nitrogens with one attached hydrogen (secondary N) is 1. The predicted octanol–water partition coefficient (Wildman–Crippen LogP) is 2.97. The Labute approximate surface area is 88.3 Å². The minimum absolute atomic E-state index is 0.0557. The van der Waals surface area contributed by atoms with Crippen LogP contribution >= 0.6 is 23.2 Å². The summed E-state index contributed by atoms with van der Waals surface area (Å²) in [6, 6.07) is 2.42. The van der Waals surface area contributed by atoms with Crippen molar-refractivity contribution in [3.63, 3.8) is 0 Å². The Hall–Kier alpha value is -1.06. The van der Waals surface area contributed by atoms with E-state index in [1.54, 1.807) is 0 Å². The molecular weight excluding hydrogens is 228 g/mol. The molecule has 0 bridgehead atoms. The van der Waals surface area contributed by atoms with Crippen molar-refractivity contribution < 1.29 is 4.39 Å². The molecule has 0 aliphatic rings. The van der Waals surface area contributed by atoms with Crippen molar-refractivity contribution in [1.82, 2.24) is 4.98 Å². The first-order valence-corrected chi connectivity index (χ1v) is 4.51. The van der Waals surface area contributed by atoms with E-state index in [0.717, 1.165) is 6.07 Å². The summed E-state index contributed by atoms with van der Waals surface area (Å²) in [7, 11) is 0. The largest absolute Gasteiger partial charge is 0.359 e. The van der Waals surface area contributed by atoms with Crippen LogP contribution in [-0.2, 0) is 0 Å². The summed E-state index contributed by atoms with van der Waals surface area (Å²) >= 11 is 11.1. The van der Waals surface area contributed by atoms with Crippen LogP contribution in [0, 0.1) is 5.82 Å². The molecule has 0 unspecified atom stereocenters. The zero-order valence-electron chi connectivity index (χ0n) is 6.77. The highest BCUT2D eigenvalue weighted by Gasteiger charge is 2.07. The maximum Gasteiger partial charge on any atom is 0.207 e. The van der Waals surface area contributed by atoms with E-state index in [9.17, 15) is 9.18 Å². The molecule has 2 rings (SSSR count). The molecule has 1 N–H and O–H groups in total. The lowest BCUT2D eigenvalue weighted by molar-refractivity contribution is 0.630. The van der Waals surface area contributed by atoms with Crippen LogP contribution in [-0.4, -0.2) is 4.98 Å². The molecule has 0 aliphatic carbocycles. The Bertz CT molecular complexity index is 564. The van der Waals surface area contributed by atoms with Gasteiger partial charge in [-0.1, -0.05) is 23.2 Å². The van der Waals surface area contributed by atoms with Gasteiger partial charge in [-0.25, -0.2) is 4.39 Å². The number of hydrogen-bond acceptors (Lipinski definition) is 1. The van der Waals surface area contributed by atoms with Gasteiger partial charge < -0.3 is 4.98 Å². The fourth-order valence-electron chi connectivity index (χ4n) is 1.19. The van der Waals surface area contributed by atoms with Crippen molar-refractivity contribution in [3.05, 3.63) is 44.4 Å². The van der Waals surface area contributed by atoms with E-state index in [4.69, 9.17) is 23.2 Å². The number of aromatic nitrogens is 1. The molecule has 1 heterocycles. The summed E-state index contributed by atoms with van der Waals surface area (Å²) in [5.41, 5.74) is 0.0172. The number of pyridine rings is 1. The Balaban J connectivity index is 2.97. The quantitative estimate of drug-likeness (QED) is 0.744. The van der Waals surface area contributed by atoms with Crippen molar-refractivity contribution in [2.75, 3.05) is 0 Å². The Morgan fingerprint density at radius 2 is 1.93 bits per heavy atom. The molecule has 1 aromatic heterocycles. The van der Waals surface area contributed by atoms with E-state index in [2.05, 4.69) is 4.98 Å². The Kier molecular flexibility index (Phi) is 2.21. The van der Waals surface area contributed by atoms with E-state index in [-0.39, 0.29) is 20.9 Å². The first kappa shape index (κ1) is 9.49. The fourth-order valence-corrected chi connectivity index (χ4v) is 1.51. The molecule has 0 saturated heterocycles. The molecule has 2 nitrogen and oxygen atoms in total. The van der Waals surface area contributed by atoms with Crippen LogP contribution in [0.3, 0.4) is 0 Å². The monoisotopic (exact) mass is 231 g/mol. The molecule has 0 atom stereocenters. The average molecular weight is 232 g/mol. The number of fused-ring (bicyclic) bond motifs is 1. The topological polar surface area (TPSA) is 32.9 Å². The first-order chi connectivity index (χ1) is 6.59. The molecule has 5 heteroatoms. The van der Waals surface area contributed by atoms with Gasteiger partial charge in [-0.2, -0.15) is 0 Å². The highest BCUT2D eigenvalue weighted by atomic mass is 35.5. The average Bonchev–Trinajstić information content (AvgIpc) is 2.15. The molecule has 1 aromatic carbocycles. The van der Waals surface area contributed by atoms with Crippen molar-refractivity contribution in [1.29, 1.82) is 0 Å². The molecule has 2 aromatic rings. The third kappa shape index (κ3) is 1.38. The molecule has 0 aliphatic heterocycles. The lowest BCUT2D eigenvalue weighted by Gasteiger charge is -1.99. The molecule has 0 spiro atoms. The zero-order valence-corrected chi connectivity index (χ0v) is 8.29. The van der Waals surface area contributed by atoms with Crippen LogP contribution in [0.2, 0.25) is 10.0 Å². The first-order valence-electron chi connectivity index (χ1n) is 3.75. The standard InChI is InChI=1S/C9H4Cl2FNO/c10-5-1-4-8(2-7(5)12)13-3-6(11)9(4)14/h1-3H,(H,13,14). The summed E-state index contributed by atoms with van der Waals surface area (Å²) in [5.74, 6) is -0.572. The minimum Gasteiger partial charge on any atom is -0.359 e. The number of aromatic amines is 1. The molecule has 0 saturated carbocycles. The maximum atomic E-state index is 13.0. The highest BCUT2D eigenvalue weighted by Crippen LogP contribution is 2.20. The second-order valence-corrected chi connectivity index (χ2v) is 3.59. The van der Waals surface area contributed by atoms with Crippen molar-refractivity contribution in [3.8, 4) is 0 Å². The van der Waals surface area contributed by atoms with Gasteiger partial charge in [-0.3, -0.25) is 4.79 Å². The molecular formula is C9H4Cl2FNO. The normalized spacial score (nSPS) is 10.8. The molecule has 0 fully saturated rings. The zero-order chi connectivity index (χ0) is 10.3. The van der Waals surface area contributed by atoms with Crippen molar-refractivity contribution in [2.24, 2.45) is 0 Å². The van der Waals surface area contributed by atoms with Gasteiger partial charge in [0.25, 0.3) is 0 Å². The van der Waals surface area contributed by atoms with E-state index < -0.39 is 5.82 Å². The second kappa shape index (κ2) is 3.26. The van der Waals surface area contributed by atoms with Crippen LogP contribution < -0.4 is 5.43 Å². The smallest absolute Gasteiger partial charge is 0.207 e. The van der Waals surface area contributed by atoms with Crippen LogP contribution in [0.25, 0.3) is 10.9 Å². The van der Waals surface area contributed by atoms with Crippen LogP contribution in [0.4, 0.5) is 4.39 Å². The Morgan fingerprint density at radius 1 is 1.21 bits per heavy atom. The highest BCUT2D eigenvalue weighted by molar-refractivity contribution is 6.32. The summed E-state index contributed by atoms with van der Waals surface area (Å²) in [4.78, 5) is 14.2. The number of hydrogen-bond donors (Lipinski definition) is 1. The molecule has 72 valence electrons. The van der Waals surface area contributed by atoms with E-state index >= 15 is 0 Å². The summed E-state index contributed by atoms with van der Waals surface area (Å²) < 4.78 is 13.0. The fraction of sp³-hybridized carbons (Fsp3) is 0. The third-order valence-electron chi connectivity index (χ3n) is 1.88. The van der Waals surface area contributed by atoms with Crippen molar-refractivity contribution in [2.45, 2.75) is 0 Å². The van der Waals surface area contributed by atoms with Crippen molar-refractivity contribution >= 4 is 34.1 Å². The van der Waals surface area contributed by atoms with Gasteiger partial charge in [0.2, 0.25) is 5.43 Å². The van der Waals surface area contributed by atoms with E-state index in [0.29, 0.717) is 5.52 Å². The second-order valence-electron chi connectivity index (χ2n) is 2.78. The maximum absolute atomic E-state index is 13.0. The molecule has 0 amide bonds. The summed E-state index contributed by atoms with van der Waals surface area (Å²) in [6.45, 7) is 0. The van der Waals surface area contributed by atoms with Gasteiger partial charge in [0.1, 0.15) is 10.8 Å². The van der Waals surface area contributed by atoms with E-state index in [1.807, 2.05) is 0 Å². The Morgan fingerprint density at radius 3 is 2.64 bits per heavy atom. The molecule has 0 radical (unpaired) electrons. The number of benzene rings is 1. The minimum atomic E-state index is -0.572. The van der Waals surface area contributed by atoms with Crippen LogP contribution in [0.1, 0.15) is 0 Å².